The third-order valence-electron chi connectivity index (χ3n) is 1.33. The molecule has 1 atom stereocenters. The van der Waals surface area contributed by atoms with Crippen LogP contribution in [0.3, 0.4) is 0 Å². The summed E-state index contributed by atoms with van der Waals surface area (Å²) in [7, 11) is 0. The SMILES string of the molecule is C/C=C/C[C@@H](N)CCC. The van der Waals surface area contributed by atoms with Crippen LogP contribution >= 0.6 is 0 Å². The van der Waals surface area contributed by atoms with Crippen molar-refractivity contribution in [2.24, 2.45) is 5.73 Å². The van der Waals surface area contributed by atoms with Gasteiger partial charge in [-0.05, 0) is 19.8 Å². The van der Waals surface area contributed by atoms with E-state index >= 15 is 0 Å². The third kappa shape index (κ3) is 5.57. The van der Waals surface area contributed by atoms with Crippen LogP contribution in [0.25, 0.3) is 0 Å². The van der Waals surface area contributed by atoms with E-state index in [2.05, 4.69) is 19.1 Å². The highest BCUT2D eigenvalue weighted by atomic mass is 14.6. The van der Waals surface area contributed by atoms with Crippen molar-refractivity contribution in [2.75, 3.05) is 0 Å². The quantitative estimate of drug-likeness (QED) is 0.575. The van der Waals surface area contributed by atoms with Crippen LogP contribution in [0.4, 0.5) is 0 Å². The van der Waals surface area contributed by atoms with Crippen LogP contribution in [0.5, 0.6) is 0 Å². The van der Waals surface area contributed by atoms with Gasteiger partial charge in [-0.15, -0.1) is 0 Å². The Morgan fingerprint density at radius 2 is 2.22 bits per heavy atom. The number of hydrogen-bond acceptors (Lipinski definition) is 1. The van der Waals surface area contributed by atoms with Gasteiger partial charge in [-0.1, -0.05) is 25.5 Å². The minimum atomic E-state index is 0.381. The molecule has 0 amide bonds. The fraction of sp³-hybridized carbons (Fsp3) is 0.750. The van der Waals surface area contributed by atoms with Crippen molar-refractivity contribution in [2.45, 2.75) is 39.2 Å². The predicted octanol–water partition coefficient (Wildman–Crippen LogP) is 2.08. The first-order chi connectivity index (χ1) is 4.31. The summed E-state index contributed by atoms with van der Waals surface area (Å²) in [6, 6.07) is 0.381. The Bertz CT molecular complexity index is 76.6. The van der Waals surface area contributed by atoms with E-state index in [4.69, 9.17) is 5.73 Å². The molecule has 0 aromatic rings. The van der Waals surface area contributed by atoms with Crippen LogP contribution in [0.2, 0.25) is 0 Å². The minimum absolute atomic E-state index is 0.381. The van der Waals surface area contributed by atoms with Crippen molar-refractivity contribution >= 4 is 0 Å². The standard InChI is InChI=1S/C8H17N/c1-3-5-7-8(9)6-4-2/h3,5,8H,4,6-7,9H2,1-2H3/b5-3+/t8-/m0/s1. The van der Waals surface area contributed by atoms with Crippen LogP contribution < -0.4 is 5.73 Å². The van der Waals surface area contributed by atoms with Gasteiger partial charge >= 0.3 is 0 Å². The van der Waals surface area contributed by atoms with E-state index in [0.717, 1.165) is 12.8 Å². The normalized spacial score (nSPS) is 14.6. The molecule has 0 unspecified atom stereocenters. The molecule has 0 bridgehead atoms. The minimum Gasteiger partial charge on any atom is -0.327 e. The van der Waals surface area contributed by atoms with Crippen LogP contribution in [0.1, 0.15) is 33.1 Å². The van der Waals surface area contributed by atoms with Crippen LogP contribution in [0.15, 0.2) is 12.2 Å². The van der Waals surface area contributed by atoms with Gasteiger partial charge < -0.3 is 5.73 Å². The van der Waals surface area contributed by atoms with Gasteiger partial charge in [-0.2, -0.15) is 0 Å². The molecule has 0 aromatic heterocycles. The van der Waals surface area contributed by atoms with Crippen molar-refractivity contribution in [1.82, 2.24) is 0 Å². The van der Waals surface area contributed by atoms with Gasteiger partial charge in [0.1, 0.15) is 0 Å². The fourth-order valence-corrected chi connectivity index (χ4v) is 0.800. The maximum atomic E-state index is 5.72. The second-order valence-corrected chi connectivity index (χ2v) is 2.35. The second kappa shape index (κ2) is 5.83. The molecule has 1 nitrogen and oxygen atoms in total. The zero-order chi connectivity index (χ0) is 7.11. The smallest absolute Gasteiger partial charge is 0.00733 e. The average Bonchev–Trinajstić information content (AvgIpc) is 1.85. The van der Waals surface area contributed by atoms with Crippen molar-refractivity contribution in [1.29, 1.82) is 0 Å². The molecular weight excluding hydrogens is 110 g/mol. The summed E-state index contributed by atoms with van der Waals surface area (Å²) in [6.45, 7) is 4.19. The van der Waals surface area contributed by atoms with E-state index in [1.165, 1.54) is 6.42 Å². The highest BCUT2D eigenvalue weighted by Crippen LogP contribution is 1.98. The Balaban J connectivity index is 3.15. The Labute approximate surface area is 57.9 Å². The van der Waals surface area contributed by atoms with Gasteiger partial charge in [0.2, 0.25) is 0 Å². The van der Waals surface area contributed by atoms with Gasteiger partial charge in [0.05, 0.1) is 0 Å². The molecule has 54 valence electrons. The summed E-state index contributed by atoms with van der Waals surface area (Å²) >= 11 is 0. The van der Waals surface area contributed by atoms with Crippen molar-refractivity contribution in [3.63, 3.8) is 0 Å². The second-order valence-electron chi connectivity index (χ2n) is 2.35. The molecule has 0 aliphatic rings. The molecule has 0 fully saturated rings. The molecule has 0 aliphatic carbocycles. The van der Waals surface area contributed by atoms with Crippen molar-refractivity contribution in [3.05, 3.63) is 12.2 Å². The maximum absolute atomic E-state index is 5.72. The molecule has 0 saturated carbocycles. The largest absolute Gasteiger partial charge is 0.327 e. The molecule has 9 heavy (non-hydrogen) atoms. The average molecular weight is 127 g/mol. The van der Waals surface area contributed by atoms with Gasteiger partial charge in [0, 0.05) is 6.04 Å². The van der Waals surface area contributed by atoms with E-state index < -0.39 is 0 Å². The molecule has 0 saturated heterocycles. The van der Waals surface area contributed by atoms with Crippen molar-refractivity contribution < 1.29 is 0 Å². The van der Waals surface area contributed by atoms with Gasteiger partial charge in [0.15, 0.2) is 0 Å². The summed E-state index contributed by atoms with van der Waals surface area (Å²) in [4.78, 5) is 0. The predicted molar refractivity (Wildman–Crippen MR) is 42.3 cm³/mol. The fourth-order valence-electron chi connectivity index (χ4n) is 0.800. The number of rotatable bonds is 4. The zero-order valence-electron chi connectivity index (χ0n) is 6.43. The summed E-state index contributed by atoms with van der Waals surface area (Å²) in [5.41, 5.74) is 5.72. The lowest BCUT2D eigenvalue weighted by atomic mass is 10.1. The van der Waals surface area contributed by atoms with E-state index in [1.54, 1.807) is 0 Å². The van der Waals surface area contributed by atoms with E-state index in [-0.39, 0.29) is 0 Å². The first-order valence-electron chi connectivity index (χ1n) is 3.68. The third-order valence-corrected chi connectivity index (χ3v) is 1.33. The van der Waals surface area contributed by atoms with E-state index in [0.29, 0.717) is 6.04 Å². The summed E-state index contributed by atoms with van der Waals surface area (Å²) in [5.74, 6) is 0. The van der Waals surface area contributed by atoms with Gasteiger partial charge in [-0.25, -0.2) is 0 Å². The van der Waals surface area contributed by atoms with Crippen LogP contribution in [0, 0.1) is 0 Å². The van der Waals surface area contributed by atoms with Crippen molar-refractivity contribution in [3.8, 4) is 0 Å². The molecular formula is C8H17N. The highest BCUT2D eigenvalue weighted by molar-refractivity contribution is 4.81. The first-order valence-corrected chi connectivity index (χ1v) is 3.68. The monoisotopic (exact) mass is 127 g/mol. The molecule has 2 N–H and O–H groups in total. The Morgan fingerprint density at radius 3 is 2.67 bits per heavy atom. The maximum Gasteiger partial charge on any atom is 0.00733 e. The number of hydrogen-bond donors (Lipinski definition) is 1. The topological polar surface area (TPSA) is 26.0 Å². The number of allylic oxidation sites excluding steroid dienone is 1. The molecule has 0 heterocycles. The Kier molecular flexibility index (Phi) is 5.64. The summed E-state index contributed by atoms with van der Waals surface area (Å²) in [6.07, 6.45) is 7.54. The zero-order valence-corrected chi connectivity index (χ0v) is 6.43. The van der Waals surface area contributed by atoms with E-state index in [1.807, 2.05) is 6.92 Å². The van der Waals surface area contributed by atoms with Gasteiger partial charge in [-0.3, -0.25) is 0 Å². The molecule has 0 aromatic carbocycles. The Morgan fingerprint density at radius 1 is 1.56 bits per heavy atom. The first kappa shape index (κ1) is 8.70. The summed E-state index contributed by atoms with van der Waals surface area (Å²) < 4.78 is 0. The molecule has 0 spiro atoms. The van der Waals surface area contributed by atoms with Crippen LogP contribution in [-0.4, -0.2) is 6.04 Å². The lowest BCUT2D eigenvalue weighted by molar-refractivity contribution is 0.610. The summed E-state index contributed by atoms with van der Waals surface area (Å²) in [5, 5.41) is 0. The van der Waals surface area contributed by atoms with E-state index in [9.17, 15) is 0 Å². The number of nitrogens with two attached hydrogens (primary N) is 1. The lowest BCUT2D eigenvalue weighted by Gasteiger charge is -2.04. The molecule has 0 radical (unpaired) electrons. The lowest BCUT2D eigenvalue weighted by Crippen LogP contribution is -2.17. The molecule has 1 heteroatoms. The Hall–Kier alpha value is -0.300. The van der Waals surface area contributed by atoms with Crippen LogP contribution in [-0.2, 0) is 0 Å². The van der Waals surface area contributed by atoms with Gasteiger partial charge in [0.25, 0.3) is 0 Å². The molecule has 0 aliphatic heterocycles. The highest BCUT2D eigenvalue weighted by Gasteiger charge is 1.94. The molecule has 0 rings (SSSR count).